The smallest absolute Gasteiger partial charge is 0.234 e. The molecule has 25 heavy (non-hydrogen) atoms. The van der Waals surface area contributed by atoms with Crippen molar-refractivity contribution in [3.8, 4) is 5.69 Å². The van der Waals surface area contributed by atoms with Gasteiger partial charge < -0.3 is 5.32 Å². The first kappa shape index (κ1) is 17.2. The average molecular weight is 352 g/mol. The highest BCUT2D eigenvalue weighted by atomic mass is 32.2. The zero-order valence-electron chi connectivity index (χ0n) is 14.5. The van der Waals surface area contributed by atoms with Gasteiger partial charge in [-0.2, -0.15) is 0 Å². The molecule has 128 valence electrons. The van der Waals surface area contributed by atoms with Crippen molar-refractivity contribution in [1.29, 1.82) is 0 Å². The van der Waals surface area contributed by atoms with Gasteiger partial charge in [-0.05, 0) is 44.5 Å². The van der Waals surface area contributed by atoms with Crippen LogP contribution < -0.4 is 5.32 Å². The lowest BCUT2D eigenvalue weighted by Crippen LogP contribution is -2.15. The summed E-state index contributed by atoms with van der Waals surface area (Å²) in [5, 5.41) is 12.0. The fourth-order valence-electron chi connectivity index (χ4n) is 2.46. The number of carbonyl (C=O) groups is 1. The van der Waals surface area contributed by atoms with E-state index in [2.05, 4.69) is 15.5 Å². The van der Waals surface area contributed by atoms with Gasteiger partial charge >= 0.3 is 0 Å². The number of aryl methyl sites for hydroxylation is 3. The van der Waals surface area contributed by atoms with E-state index in [0.29, 0.717) is 5.16 Å². The standard InChI is InChI=1S/C19H20N4OS/c1-13-8-10-16(11-9-13)23-15(3)21-22-19(23)25-12-18(24)20-17-7-5-4-6-14(17)2/h4-11H,12H2,1-3H3,(H,20,24). The highest BCUT2D eigenvalue weighted by molar-refractivity contribution is 7.99. The van der Waals surface area contributed by atoms with E-state index < -0.39 is 0 Å². The fraction of sp³-hybridized carbons (Fsp3) is 0.211. The van der Waals surface area contributed by atoms with E-state index in [1.165, 1.54) is 17.3 Å². The third-order valence-electron chi connectivity index (χ3n) is 3.84. The summed E-state index contributed by atoms with van der Waals surface area (Å²) in [5.74, 6) is 1.01. The molecule has 1 heterocycles. The summed E-state index contributed by atoms with van der Waals surface area (Å²) in [6.45, 7) is 5.93. The monoisotopic (exact) mass is 352 g/mol. The number of hydrogen-bond donors (Lipinski definition) is 1. The second-order valence-electron chi connectivity index (χ2n) is 5.85. The maximum absolute atomic E-state index is 12.2. The number of aromatic nitrogens is 3. The Morgan fingerprint density at radius 3 is 2.48 bits per heavy atom. The van der Waals surface area contributed by atoms with Gasteiger partial charge in [0, 0.05) is 11.4 Å². The summed E-state index contributed by atoms with van der Waals surface area (Å²) in [7, 11) is 0. The molecule has 3 aromatic rings. The predicted octanol–water partition coefficient (Wildman–Crippen LogP) is 3.92. The van der Waals surface area contributed by atoms with Crippen LogP contribution in [0.1, 0.15) is 17.0 Å². The van der Waals surface area contributed by atoms with Crippen molar-refractivity contribution >= 4 is 23.4 Å². The quantitative estimate of drug-likeness (QED) is 0.707. The summed E-state index contributed by atoms with van der Waals surface area (Å²) < 4.78 is 1.96. The summed E-state index contributed by atoms with van der Waals surface area (Å²) in [6, 6.07) is 15.9. The molecule has 1 aromatic heterocycles. The number of nitrogens with one attached hydrogen (secondary N) is 1. The van der Waals surface area contributed by atoms with Gasteiger partial charge in [0.15, 0.2) is 5.16 Å². The molecular formula is C19H20N4OS. The molecule has 0 aliphatic heterocycles. The first-order valence-electron chi connectivity index (χ1n) is 8.02. The number of thioether (sulfide) groups is 1. The molecule has 0 saturated heterocycles. The molecule has 3 rings (SSSR count). The lowest BCUT2D eigenvalue weighted by Gasteiger charge is -2.10. The summed E-state index contributed by atoms with van der Waals surface area (Å²) in [4.78, 5) is 12.2. The van der Waals surface area contributed by atoms with E-state index in [9.17, 15) is 4.79 Å². The Kier molecular flexibility index (Phi) is 5.19. The minimum Gasteiger partial charge on any atom is -0.325 e. The van der Waals surface area contributed by atoms with Gasteiger partial charge in [-0.3, -0.25) is 9.36 Å². The maximum atomic E-state index is 12.2. The number of benzene rings is 2. The Balaban J connectivity index is 1.71. The van der Waals surface area contributed by atoms with Crippen molar-refractivity contribution in [3.63, 3.8) is 0 Å². The van der Waals surface area contributed by atoms with Crippen molar-refractivity contribution in [3.05, 3.63) is 65.5 Å². The summed E-state index contributed by atoms with van der Waals surface area (Å²) in [6.07, 6.45) is 0. The van der Waals surface area contributed by atoms with Gasteiger partial charge in [-0.25, -0.2) is 0 Å². The molecule has 0 unspecified atom stereocenters. The SMILES string of the molecule is Cc1ccc(-n2c(C)nnc2SCC(=O)Nc2ccccc2C)cc1. The molecule has 0 radical (unpaired) electrons. The van der Waals surface area contributed by atoms with Crippen LogP contribution in [0.3, 0.4) is 0 Å². The number of amides is 1. The van der Waals surface area contributed by atoms with Gasteiger partial charge in [0.05, 0.1) is 5.75 Å². The highest BCUT2D eigenvalue weighted by Crippen LogP contribution is 2.22. The van der Waals surface area contributed by atoms with Crippen LogP contribution in [0.4, 0.5) is 5.69 Å². The Labute approximate surface area is 151 Å². The van der Waals surface area contributed by atoms with Crippen LogP contribution in [0.2, 0.25) is 0 Å². The maximum Gasteiger partial charge on any atom is 0.234 e. The molecule has 0 fully saturated rings. The molecule has 6 heteroatoms. The molecule has 5 nitrogen and oxygen atoms in total. The predicted molar refractivity (Wildman–Crippen MR) is 101 cm³/mol. The molecule has 0 saturated carbocycles. The normalized spacial score (nSPS) is 10.7. The second kappa shape index (κ2) is 7.53. The molecular weight excluding hydrogens is 332 g/mol. The average Bonchev–Trinajstić information content (AvgIpc) is 2.97. The van der Waals surface area contributed by atoms with Crippen LogP contribution in [0, 0.1) is 20.8 Å². The Morgan fingerprint density at radius 2 is 1.76 bits per heavy atom. The lowest BCUT2D eigenvalue weighted by atomic mass is 10.2. The van der Waals surface area contributed by atoms with E-state index >= 15 is 0 Å². The third-order valence-corrected chi connectivity index (χ3v) is 4.77. The van der Waals surface area contributed by atoms with Crippen LogP contribution in [-0.2, 0) is 4.79 Å². The number of carbonyl (C=O) groups excluding carboxylic acids is 1. The van der Waals surface area contributed by atoms with Gasteiger partial charge in [-0.1, -0.05) is 47.7 Å². The summed E-state index contributed by atoms with van der Waals surface area (Å²) >= 11 is 1.38. The molecule has 0 aliphatic rings. The minimum atomic E-state index is -0.0598. The number of rotatable bonds is 5. The fourth-order valence-corrected chi connectivity index (χ4v) is 3.25. The minimum absolute atomic E-state index is 0.0598. The van der Waals surface area contributed by atoms with Gasteiger partial charge in [0.1, 0.15) is 5.82 Å². The number of anilines is 1. The van der Waals surface area contributed by atoms with Crippen LogP contribution in [0.15, 0.2) is 53.7 Å². The van der Waals surface area contributed by atoms with Gasteiger partial charge in [0.2, 0.25) is 5.91 Å². The third kappa shape index (κ3) is 4.09. The first-order chi connectivity index (χ1) is 12.0. The first-order valence-corrected chi connectivity index (χ1v) is 9.00. The van der Waals surface area contributed by atoms with Gasteiger partial charge in [-0.15, -0.1) is 10.2 Å². The Bertz CT molecular complexity index is 887. The van der Waals surface area contributed by atoms with Crippen LogP contribution in [0.25, 0.3) is 5.69 Å². The Morgan fingerprint density at radius 1 is 1.04 bits per heavy atom. The largest absolute Gasteiger partial charge is 0.325 e. The van der Waals surface area contributed by atoms with Crippen LogP contribution >= 0.6 is 11.8 Å². The summed E-state index contributed by atoms with van der Waals surface area (Å²) in [5.41, 5.74) is 4.07. The van der Waals surface area contributed by atoms with Crippen molar-refractivity contribution in [2.24, 2.45) is 0 Å². The lowest BCUT2D eigenvalue weighted by molar-refractivity contribution is -0.113. The second-order valence-corrected chi connectivity index (χ2v) is 6.80. The molecule has 0 atom stereocenters. The van der Waals surface area contributed by atoms with E-state index in [1.54, 1.807) is 0 Å². The van der Waals surface area contributed by atoms with Crippen molar-refractivity contribution in [2.75, 3.05) is 11.1 Å². The van der Waals surface area contributed by atoms with Gasteiger partial charge in [0.25, 0.3) is 0 Å². The van der Waals surface area contributed by atoms with E-state index in [0.717, 1.165) is 22.8 Å². The zero-order chi connectivity index (χ0) is 17.8. The van der Waals surface area contributed by atoms with E-state index in [4.69, 9.17) is 0 Å². The number of hydrogen-bond acceptors (Lipinski definition) is 4. The number of nitrogens with zero attached hydrogens (tertiary/aromatic N) is 3. The molecule has 0 spiro atoms. The van der Waals surface area contributed by atoms with E-state index in [1.807, 2.05) is 73.9 Å². The zero-order valence-corrected chi connectivity index (χ0v) is 15.3. The molecule has 0 bridgehead atoms. The van der Waals surface area contributed by atoms with Crippen molar-refractivity contribution in [2.45, 2.75) is 25.9 Å². The number of para-hydroxylation sites is 1. The van der Waals surface area contributed by atoms with Crippen molar-refractivity contribution < 1.29 is 4.79 Å². The molecule has 2 aromatic carbocycles. The Hall–Kier alpha value is -2.60. The molecule has 0 aliphatic carbocycles. The van der Waals surface area contributed by atoms with E-state index in [-0.39, 0.29) is 11.7 Å². The van der Waals surface area contributed by atoms with Crippen molar-refractivity contribution in [1.82, 2.24) is 14.8 Å². The molecule has 1 N–H and O–H groups in total. The van der Waals surface area contributed by atoms with Crippen LogP contribution in [0.5, 0.6) is 0 Å². The topological polar surface area (TPSA) is 59.8 Å². The highest BCUT2D eigenvalue weighted by Gasteiger charge is 2.13. The molecule has 1 amide bonds. The van der Waals surface area contributed by atoms with Crippen LogP contribution in [-0.4, -0.2) is 26.4 Å².